The molecule has 0 aliphatic carbocycles. The predicted octanol–water partition coefficient (Wildman–Crippen LogP) is 1.88. The van der Waals surface area contributed by atoms with Crippen molar-refractivity contribution < 1.29 is 9.53 Å². The van der Waals surface area contributed by atoms with Gasteiger partial charge >= 0.3 is 0 Å². The van der Waals surface area contributed by atoms with E-state index in [1.165, 1.54) is 17.3 Å². The zero-order chi connectivity index (χ0) is 13.4. The molecule has 1 rings (SSSR count). The Morgan fingerprint density at radius 1 is 1.61 bits per heavy atom. The second-order valence-corrected chi connectivity index (χ2v) is 4.10. The van der Waals surface area contributed by atoms with Crippen molar-refractivity contribution in [1.29, 1.82) is 5.26 Å². The number of nitriles is 1. The maximum atomic E-state index is 11.6. The third kappa shape index (κ3) is 5.02. The van der Waals surface area contributed by atoms with Gasteiger partial charge in [-0.15, -0.1) is 0 Å². The van der Waals surface area contributed by atoms with Crippen LogP contribution in [0, 0.1) is 11.3 Å². The summed E-state index contributed by atoms with van der Waals surface area (Å²) in [5, 5.41) is 8.91. The lowest BCUT2D eigenvalue weighted by Gasteiger charge is -2.15. The minimum atomic E-state index is -0.0553. The van der Waals surface area contributed by atoms with Crippen LogP contribution in [-0.4, -0.2) is 36.0 Å². The summed E-state index contributed by atoms with van der Waals surface area (Å²) in [4.78, 5) is 17.0. The first-order valence-corrected chi connectivity index (χ1v) is 5.85. The van der Waals surface area contributed by atoms with Crippen LogP contribution in [0.1, 0.15) is 12.8 Å². The molecule has 0 atom stereocenters. The Balaban J connectivity index is 2.29. The van der Waals surface area contributed by atoms with Gasteiger partial charge in [-0.3, -0.25) is 9.78 Å². The first-order chi connectivity index (χ1) is 8.63. The molecule has 1 aromatic rings. The minimum absolute atomic E-state index is 0.0553. The summed E-state index contributed by atoms with van der Waals surface area (Å²) in [5.74, 6) is 0.482. The molecule has 6 heteroatoms. The standard InChI is InChI=1S/C12H14ClN3O2/c1-16(5-2-4-14)12(17)3-6-18-11-7-10(13)8-15-9-11/h7-9H,2-3,5-6H2,1H3. The van der Waals surface area contributed by atoms with E-state index in [1.807, 2.05) is 6.07 Å². The number of halogens is 1. The van der Waals surface area contributed by atoms with E-state index in [-0.39, 0.29) is 18.9 Å². The van der Waals surface area contributed by atoms with E-state index in [1.54, 1.807) is 13.1 Å². The van der Waals surface area contributed by atoms with Gasteiger partial charge in [0.15, 0.2) is 0 Å². The molecular formula is C12H14ClN3O2. The van der Waals surface area contributed by atoms with Crippen LogP contribution >= 0.6 is 11.6 Å². The normalized spacial score (nSPS) is 9.61. The van der Waals surface area contributed by atoms with Crippen molar-refractivity contribution in [2.45, 2.75) is 12.8 Å². The molecule has 1 amide bonds. The molecule has 5 nitrogen and oxygen atoms in total. The van der Waals surface area contributed by atoms with Crippen molar-refractivity contribution in [3.63, 3.8) is 0 Å². The van der Waals surface area contributed by atoms with E-state index in [0.717, 1.165) is 0 Å². The summed E-state index contributed by atoms with van der Waals surface area (Å²) in [6, 6.07) is 3.63. The van der Waals surface area contributed by atoms with E-state index in [2.05, 4.69) is 4.98 Å². The number of aromatic nitrogens is 1. The van der Waals surface area contributed by atoms with Crippen LogP contribution in [0.5, 0.6) is 5.75 Å². The van der Waals surface area contributed by atoms with Gasteiger partial charge in [-0.25, -0.2) is 0 Å². The molecule has 0 saturated carbocycles. The molecule has 0 saturated heterocycles. The highest BCUT2D eigenvalue weighted by atomic mass is 35.5. The number of carbonyl (C=O) groups is 1. The highest BCUT2D eigenvalue weighted by Gasteiger charge is 2.08. The van der Waals surface area contributed by atoms with Crippen LogP contribution in [0.3, 0.4) is 0 Å². The third-order valence-corrected chi connectivity index (χ3v) is 2.46. The van der Waals surface area contributed by atoms with Gasteiger partial charge in [0.05, 0.1) is 36.7 Å². The van der Waals surface area contributed by atoms with Crippen LogP contribution in [0.15, 0.2) is 18.5 Å². The monoisotopic (exact) mass is 267 g/mol. The molecule has 0 N–H and O–H groups in total. The van der Waals surface area contributed by atoms with Crippen molar-refractivity contribution in [3.05, 3.63) is 23.5 Å². The number of amides is 1. The van der Waals surface area contributed by atoms with Gasteiger partial charge < -0.3 is 9.64 Å². The Labute approximate surface area is 111 Å². The zero-order valence-corrected chi connectivity index (χ0v) is 10.9. The van der Waals surface area contributed by atoms with E-state index >= 15 is 0 Å². The Bertz CT molecular complexity index is 445. The fraction of sp³-hybridized carbons (Fsp3) is 0.417. The minimum Gasteiger partial charge on any atom is -0.491 e. The van der Waals surface area contributed by atoms with Gasteiger partial charge in [0.25, 0.3) is 0 Å². The first-order valence-electron chi connectivity index (χ1n) is 5.47. The number of rotatable bonds is 6. The molecule has 0 bridgehead atoms. The lowest BCUT2D eigenvalue weighted by Crippen LogP contribution is -2.28. The van der Waals surface area contributed by atoms with Gasteiger partial charge in [0, 0.05) is 25.9 Å². The molecule has 1 heterocycles. The summed E-state index contributed by atoms with van der Waals surface area (Å²) < 4.78 is 5.35. The van der Waals surface area contributed by atoms with Gasteiger partial charge in [-0.1, -0.05) is 11.6 Å². The summed E-state index contributed by atoms with van der Waals surface area (Å²) in [7, 11) is 1.67. The lowest BCUT2D eigenvalue weighted by atomic mass is 10.3. The average molecular weight is 268 g/mol. The van der Waals surface area contributed by atoms with Crippen LogP contribution in [0.4, 0.5) is 0 Å². The molecule has 1 aromatic heterocycles. The van der Waals surface area contributed by atoms with E-state index in [9.17, 15) is 4.79 Å². The highest BCUT2D eigenvalue weighted by molar-refractivity contribution is 6.30. The van der Waals surface area contributed by atoms with Crippen molar-refractivity contribution in [1.82, 2.24) is 9.88 Å². The molecular weight excluding hydrogens is 254 g/mol. The zero-order valence-electron chi connectivity index (χ0n) is 10.1. The van der Waals surface area contributed by atoms with Gasteiger partial charge in [0.2, 0.25) is 5.91 Å². The number of ether oxygens (including phenoxy) is 1. The maximum Gasteiger partial charge on any atom is 0.225 e. The molecule has 0 unspecified atom stereocenters. The molecule has 96 valence electrons. The molecule has 18 heavy (non-hydrogen) atoms. The number of pyridine rings is 1. The topological polar surface area (TPSA) is 66.2 Å². The van der Waals surface area contributed by atoms with E-state index < -0.39 is 0 Å². The van der Waals surface area contributed by atoms with Crippen molar-refractivity contribution in [2.75, 3.05) is 20.2 Å². The van der Waals surface area contributed by atoms with Crippen LogP contribution < -0.4 is 4.74 Å². The molecule has 0 aliphatic heterocycles. The van der Waals surface area contributed by atoms with E-state index in [0.29, 0.717) is 23.7 Å². The quantitative estimate of drug-likeness (QED) is 0.789. The summed E-state index contributed by atoms with van der Waals surface area (Å²) in [6.07, 6.45) is 3.64. The first kappa shape index (κ1) is 14.3. The number of nitrogens with zero attached hydrogens (tertiary/aromatic N) is 3. The van der Waals surface area contributed by atoms with Gasteiger partial charge in [-0.2, -0.15) is 5.26 Å². The molecule has 0 aliphatic rings. The van der Waals surface area contributed by atoms with Gasteiger partial charge in [-0.05, 0) is 0 Å². The van der Waals surface area contributed by atoms with Crippen LogP contribution in [-0.2, 0) is 4.79 Å². The Kier molecular flexibility index (Phi) is 5.95. The number of hydrogen-bond donors (Lipinski definition) is 0. The highest BCUT2D eigenvalue weighted by Crippen LogP contribution is 2.15. The fourth-order valence-corrected chi connectivity index (χ4v) is 1.42. The maximum absolute atomic E-state index is 11.6. The molecule has 0 radical (unpaired) electrons. The largest absolute Gasteiger partial charge is 0.491 e. The SMILES string of the molecule is CN(CCC#N)C(=O)CCOc1cncc(Cl)c1. The second-order valence-electron chi connectivity index (χ2n) is 3.66. The van der Waals surface area contributed by atoms with Crippen LogP contribution in [0.2, 0.25) is 5.02 Å². The average Bonchev–Trinajstić information content (AvgIpc) is 2.35. The van der Waals surface area contributed by atoms with E-state index in [4.69, 9.17) is 21.6 Å². The Morgan fingerprint density at radius 2 is 2.39 bits per heavy atom. The third-order valence-electron chi connectivity index (χ3n) is 2.25. The smallest absolute Gasteiger partial charge is 0.225 e. The second kappa shape index (κ2) is 7.51. The van der Waals surface area contributed by atoms with Crippen LogP contribution in [0.25, 0.3) is 0 Å². The Hall–Kier alpha value is -1.80. The molecule has 0 fully saturated rings. The van der Waals surface area contributed by atoms with Crippen molar-refractivity contribution >= 4 is 17.5 Å². The van der Waals surface area contributed by atoms with Gasteiger partial charge in [0.1, 0.15) is 5.75 Å². The molecule has 0 spiro atoms. The molecule has 0 aromatic carbocycles. The summed E-state index contributed by atoms with van der Waals surface area (Å²) in [6.45, 7) is 0.700. The summed E-state index contributed by atoms with van der Waals surface area (Å²) in [5.41, 5.74) is 0. The summed E-state index contributed by atoms with van der Waals surface area (Å²) >= 11 is 5.75. The lowest BCUT2D eigenvalue weighted by molar-refractivity contribution is -0.130. The number of hydrogen-bond acceptors (Lipinski definition) is 4. The fourth-order valence-electron chi connectivity index (χ4n) is 1.26. The Morgan fingerprint density at radius 3 is 3.06 bits per heavy atom. The van der Waals surface area contributed by atoms with Crippen molar-refractivity contribution in [2.24, 2.45) is 0 Å². The van der Waals surface area contributed by atoms with Crippen molar-refractivity contribution in [3.8, 4) is 11.8 Å². The number of carbonyl (C=O) groups excluding carboxylic acids is 1. The predicted molar refractivity (Wildman–Crippen MR) is 67.2 cm³/mol.